The predicted octanol–water partition coefficient (Wildman–Crippen LogP) is 1.88. The van der Waals surface area contributed by atoms with Gasteiger partial charge < -0.3 is 14.6 Å². The van der Waals surface area contributed by atoms with Crippen LogP contribution in [0.5, 0.6) is 0 Å². The number of anilines is 1. The fraction of sp³-hybridized carbons (Fsp3) is 0.714. The van der Waals surface area contributed by atoms with Crippen LogP contribution in [0.15, 0.2) is 17.2 Å². The Bertz CT molecular complexity index is 464. The maximum absolute atomic E-state index is 12.3. The van der Waals surface area contributed by atoms with Crippen LogP contribution in [-0.2, 0) is 11.3 Å². The number of hydrogen-bond donors (Lipinski definition) is 1. The Labute approximate surface area is 114 Å². The zero-order valence-electron chi connectivity index (χ0n) is 11.9. The van der Waals surface area contributed by atoms with E-state index in [1.165, 1.54) is 0 Å². The third-order valence-corrected chi connectivity index (χ3v) is 3.36. The van der Waals surface area contributed by atoms with E-state index in [0.717, 1.165) is 19.4 Å². The maximum Gasteiger partial charge on any atom is 0.293 e. The Morgan fingerprint density at radius 3 is 2.95 bits per heavy atom. The summed E-state index contributed by atoms with van der Waals surface area (Å²) >= 11 is 0. The zero-order valence-corrected chi connectivity index (χ0v) is 11.9. The van der Waals surface area contributed by atoms with E-state index in [1.807, 2.05) is 6.92 Å². The van der Waals surface area contributed by atoms with Gasteiger partial charge in [-0.15, -0.1) is 0 Å². The lowest BCUT2D eigenvalue weighted by molar-refractivity contribution is 0.0995. The van der Waals surface area contributed by atoms with Crippen molar-refractivity contribution in [3.8, 4) is 0 Å². The third kappa shape index (κ3) is 3.56. The van der Waals surface area contributed by atoms with Crippen LogP contribution < -0.4 is 10.9 Å². The highest BCUT2D eigenvalue weighted by atomic mass is 16.5. The molecule has 5 nitrogen and oxygen atoms in total. The molecule has 1 aromatic rings. The Balaban J connectivity index is 2.09. The highest BCUT2D eigenvalue weighted by molar-refractivity contribution is 5.32. The molecule has 5 heteroatoms. The standard InChI is InChI=1S/C14H23N3O2/c1-10(2)9-17-7-6-15-13(14(17)18)16-11(3)12-5-4-8-19-12/h6-7,10-12H,4-5,8-9H2,1-3H3,(H,15,16). The van der Waals surface area contributed by atoms with Gasteiger partial charge in [0.15, 0.2) is 5.82 Å². The molecular weight excluding hydrogens is 242 g/mol. The molecular formula is C14H23N3O2. The average molecular weight is 265 g/mol. The Kier molecular flexibility index (Phi) is 4.58. The average Bonchev–Trinajstić information content (AvgIpc) is 2.87. The summed E-state index contributed by atoms with van der Waals surface area (Å²) in [5, 5.41) is 3.20. The predicted molar refractivity (Wildman–Crippen MR) is 75.4 cm³/mol. The molecule has 2 atom stereocenters. The van der Waals surface area contributed by atoms with Crippen molar-refractivity contribution in [3.05, 3.63) is 22.7 Å². The van der Waals surface area contributed by atoms with Gasteiger partial charge in [0.1, 0.15) is 0 Å². The van der Waals surface area contributed by atoms with Crippen LogP contribution in [0.25, 0.3) is 0 Å². The number of rotatable bonds is 5. The van der Waals surface area contributed by atoms with Gasteiger partial charge in [-0.3, -0.25) is 4.79 Å². The fourth-order valence-corrected chi connectivity index (χ4v) is 2.39. The van der Waals surface area contributed by atoms with Crippen molar-refractivity contribution in [2.24, 2.45) is 5.92 Å². The minimum Gasteiger partial charge on any atom is -0.376 e. The van der Waals surface area contributed by atoms with E-state index in [2.05, 4.69) is 24.1 Å². The van der Waals surface area contributed by atoms with E-state index < -0.39 is 0 Å². The molecule has 0 spiro atoms. The lowest BCUT2D eigenvalue weighted by atomic mass is 10.1. The van der Waals surface area contributed by atoms with Gasteiger partial charge >= 0.3 is 0 Å². The molecule has 2 rings (SSSR count). The van der Waals surface area contributed by atoms with Crippen molar-refractivity contribution in [1.29, 1.82) is 0 Å². The van der Waals surface area contributed by atoms with E-state index in [0.29, 0.717) is 18.3 Å². The second-order valence-corrected chi connectivity index (χ2v) is 5.61. The lowest BCUT2D eigenvalue weighted by Crippen LogP contribution is -2.34. The van der Waals surface area contributed by atoms with Crippen molar-refractivity contribution in [2.45, 2.75) is 52.3 Å². The van der Waals surface area contributed by atoms with Crippen molar-refractivity contribution < 1.29 is 4.74 Å². The summed E-state index contributed by atoms with van der Waals surface area (Å²) in [5.74, 6) is 0.856. The monoisotopic (exact) mass is 265 g/mol. The van der Waals surface area contributed by atoms with Crippen molar-refractivity contribution in [3.63, 3.8) is 0 Å². The van der Waals surface area contributed by atoms with E-state index in [4.69, 9.17) is 4.74 Å². The summed E-state index contributed by atoms with van der Waals surface area (Å²) < 4.78 is 7.33. The second-order valence-electron chi connectivity index (χ2n) is 5.61. The molecule has 0 aromatic carbocycles. The van der Waals surface area contributed by atoms with Crippen LogP contribution in [0, 0.1) is 5.92 Å². The largest absolute Gasteiger partial charge is 0.376 e. The van der Waals surface area contributed by atoms with Crippen LogP contribution in [0.1, 0.15) is 33.6 Å². The van der Waals surface area contributed by atoms with Crippen LogP contribution >= 0.6 is 0 Å². The first-order valence-electron chi connectivity index (χ1n) is 7.01. The molecule has 19 heavy (non-hydrogen) atoms. The van der Waals surface area contributed by atoms with Gasteiger partial charge in [-0.2, -0.15) is 0 Å². The zero-order chi connectivity index (χ0) is 13.8. The Morgan fingerprint density at radius 2 is 2.32 bits per heavy atom. The molecule has 1 aromatic heterocycles. The van der Waals surface area contributed by atoms with Crippen LogP contribution in [0.2, 0.25) is 0 Å². The number of hydrogen-bond acceptors (Lipinski definition) is 4. The van der Waals surface area contributed by atoms with Gasteiger partial charge in [0.05, 0.1) is 12.1 Å². The first-order valence-corrected chi connectivity index (χ1v) is 7.01. The number of nitrogens with one attached hydrogen (secondary N) is 1. The first-order chi connectivity index (χ1) is 9.08. The Morgan fingerprint density at radius 1 is 1.53 bits per heavy atom. The molecule has 0 radical (unpaired) electrons. The Hall–Kier alpha value is -1.36. The molecule has 1 N–H and O–H groups in total. The lowest BCUT2D eigenvalue weighted by Gasteiger charge is -2.20. The molecule has 1 aliphatic rings. The molecule has 0 saturated carbocycles. The molecule has 1 fully saturated rings. The van der Waals surface area contributed by atoms with E-state index in [-0.39, 0.29) is 17.7 Å². The number of ether oxygens (including phenoxy) is 1. The normalized spacial score (nSPS) is 20.7. The summed E-state index contributed by atoms with van der Waals surface area (Å²) in [7, 11) is 0. The van der Waals surface area contributed by atoms with Gasteiger partial charge in [0, 0.05) is 25.5 Å². The van der Waals surface area contributed by atoms with Gasteiger partial charge in [-0.25, -0.2) is 4.98 Å². The minimum atomic E-state index is -0.0546. The minimum absolute atomic E-state index is 0.0546. The summed E-state index contributed by atoms with van der Waals surface area (Å²) in [5.41, 5.74) is -0.0546. The number of nitrogens with zero attached hydrogens (tertiary/aromatic N) is 2. The summed E-state index contributed by atoms with van der Waals surface area (Å²) in [6.45, 7) is 7.75. The summed E-state index contributed by atoms with van der Waals surface area (Å²) in [6.07, 6.45) is 5.73. The summed E-state index contributed by atoms with van der Waals surface area (Å²) in [4.78, 5) is 16.4. The first kappa shape index (κ1) is 14.1. The van der Waals surface area contributed by atoms with Crippen molar-refractivity contribution in [1.82, 2.24) is 9.55 Å². The molecule has 0 bridgehead atoms. The molecule has 106 valence electrons. The maximum atomic E-state index is 12.3. The number of aromatic nitrogens is 2. The fourth-order valence-electron chi connectivity index (χ4n) is 2.39. The molecule has 2 heterocycles. The SMILES string of the molecule is CC(C)Cn1ccnc(NC(C)C2CCCO2)c1=O. The topological polar surface area (TPSA) is 56.1 Å². The third-order valence-electron chi connectivity index (χ3n) is 3.36. The molecule has 2 unspecified atom stereocenters. The van der Waals surface area contributed by atoms with E-state index in [1.54, 1.807) is 17.0 Å². The molecule has 0 amide bonds. The highest BCUT2D eigenvalue weighted by Crippen LogP contribution is 2.17. The van der Waals surface area contributed by atoms with Crippen molar-refractivity contribution in [2.75, 3.05) is 11.9 Å². The van der Waals surface area contributed by atoms with E-state index >= 15 is 0 Å². The van der Waals surface area contributed by atoms with Crippen LogP contribution in [0.4, 0.5) is 5.82 Å². The summed E-state index contributed by atoms with van der Waals surface area (Å²) in [6, 6.07) is 0.109. The molecule has 1 aliphatic heterocycles. The van der Waals surface area contributed by atoms with Crippen LogP contribution in [-0.4, -0.2) is 28.3 Å². The van der Waals surface area contributed by atoms with E-state index in [9.17, 15) is 4.79 Å². The van der Waals surface area contributed by atoms with Gasteiger partial charge in [0.2, 0.25) is 0 Å². The van der Waals surface area contributed by atoms with Gasteiger partial charge in [-0.05, 0) is 25.7 Å². The van der Waals surface area contributed by atoms with Crippen molar-refractivity contribution >= 4 is 5.82 Å². The highest BCUT2D eigenvalue weighted by Gasteiger charge is 2.23. The second kappa shape index (κ2) is 6.19. The molecule has 1 saturated heterocycles. The quantitative estimate of drug-likeness (QED) is 0.883. The van der Waals surface area contributed by atoms with Gasteiger partial charge in [0.25, 0.3) is 5.56 Å². The molecule has 0 aliphatic carbocycles. The van der Waals surface area contributed by atoms with Crippen LogP contribution in [0.3, 0.4) is 0 Å². The van der Waals surface area contributed by atoms with Gasteiger partial charge in [-0.1, -0.05) is 13.8 Å². The smallest absolute Gasteiger partial charge is 0.293 e.